The van der Waals surface area contributed by atoms with Crippen LogP contribution < -0.4 is 10.1 Å². The van der Waals surface area contributed by atoms with Crippen molar-refractivity contribution >= 4 is 29.1 Å². The van der Waals surface area contributed by atoms with E-state index >= 15 is 0 Å². The minimum absolute atomic E-state index is 0.0919. The SMILES string of the molecule is CCN(CC)C(=O)COc1ccc(NC(=O)c2cc(C)on2)cc1Cl. The van der Waals surface area contributed by atoms with Crippen molar-refractivity contribution < 1.29 is 18.8 Å². The van der Waals surface area contributed by atoms with Crippen LogP contribution in [0.3, 0.4) is 0 Å². The van der Waals surface area contributed by atoms with Crippen molar-refractivity contribution in [2.24, 2.45) is 0 Å². The van der Waals surface area contributed by atoms with E-state index in [9.17, 15) is 9.59 Å². The molecule has 2 aromatic rings. The molecule has 0 aliphatic carbocycles. The Hall–Kier alpha value is -2.54. The summed E-state index contributed by atoms with van der Waals surface area (Å²) in [5.41, 5.74) is 0.664. The summed E-state index contributed by atoms with van der Waals surface area (Å²) in [4.78, 5) is 25.6. The molecule has 1 N–H and O–H groups in total. The molecule has 25 heavy (non-hydrogen) atoms. The summed E-state index contributed by atoms with van der Waals surface area (Å²) in [6.07, 6.45) is 0. The Kier molecular flexibility index (Phi) is 6.41. The van der Waals surface area contributed by atoms with Crippen LogP contribution in [0.5, 0.6) is 5.75 Å². The van der Waals surface area contributed by atoms with Crippen molar-refractivity contribution in [2.75, 3.05) is 25.0 Å². The molecule has 0 fully saturated rings. The zero-order valence-corrected chi connectivity index (χ0v) is 15.1. The summed E-state index contributed by atoms with van der Waals surface area (Å²) >= 11 is 6.16. The highest BCUT2D eigenvalue weighted by molar-refractivity contribution is 6.32. The average Bonchev–Trinajstić information content (AvgIpc) is 3.02. The Bertz CT molecular complexity index is 756. The van der Waals surface area contributed by atoms with Crippen LogP contribution in [-0.4, -0.2) is 41.6 Å². The van der Waals surface area contributed by atoms with E-state index in [0.717, 1.165) is 0 Å². The summed E-state index contributed by atoms with van der Waals surface area (Å²) in [7, 11) is 0. The van der Waals surface area contributed by atoms with Crippen LogP contribution in [0.25, 0.3) is 0 Å². The minimum Gasteiger partial charge on any atom is -0.482 e. The number of amides is 2. The quantitative estimate of drug-likeness (QED) is 0.814. The maximum absolute atomic E-state index is 12.0. The molecule has 2 amide bonds. The monoisotopic (exact) mass is 365 g/mol. The van der Waals surface area contributed by atoms with Crippen molar-refractivity contribution in [3.8, 4) is 5.75 Å². The van der Waals surface area contributed by atoms with Crippen molar-refractivity contribution in [1.82, 2.24) is 10.1 Å². The molecular formula is C17H20ClN3O4. The fraction of sp³-hybridized carbons (Fsp3) is 0.353. The first-order chi connectivity index (χ1) is 11.9. The van der Waals surface area contributed by atoms with Crippen molar-refractivity contribution in [3.05, 3.63) is 40.7 Å². The second-order valence-corrected chi connectivity index (χ2v) is 5.68. The largest absolute Gasteiger partial charge is 0.482 e. The van der Waals surface area contributed by atoms with E-state index in [4.69, 9.17) is 20.9 Å². The first-order valence-corrected chi connectivity index (χ1v) is 8.27. The van der Waals surface area contributed by atoms with Gasteiger partial charge in [0.05, 0.1) is 5.02 Å². The van der Waals surface area contributed by atoms with E-state index in [-0.39, 0.29) is 18.2 Å². The number of hydrogen-bond donors (Lipinski definition) is 1. The highest BCUT2D eigenvalue weighted by Gasteiger charge is 2.14. The molecule has 0 aliphatic heterocycles. The molecule has 0 spiro atoms. The molecule has 0 bridgehead atoms. The van der Waals surface area contributed by atoms with Gasteiger partial charge in [0.15, 0.2) is 12.3 Å². The van der Waals surface area contributed by atoms with Crippen LogP contribution in [-0.2, 0) is 4.79 Å². The summed E-state index contributed by atoms with van der Waals surface area (Å²) in [6.45, 7) is 6.67. The predicted octanol–water partition coefficient (Wildman–Crippen LogP) is 3.14. The lowest BCUT2D eigenvalue weighted by atomic mass is 10.3. The molecule has 0 aliphatic rings. The summed E-state index contributed by atoms with van der Waals surface area (Å²) in [5.74, 6) is 0.403. The van der Waals surface area contributed by atoms with Crippen LogP contribution in [0, 0.1) is 6.92 Å². The molecule has 2 rings (SSSR count). The molecule has 1 aromatic heterocycles. The molecule has 0 saturated carbocycles. The Balaban J connectivity index is 1.98. The Morgan fingerprint density at radius 3 is 2.56 bits per heavy atom. The maximum Gasteiger partial charge on any atom is 0.277 e. The van der Waals surface area contributed by atoms with Gasteiger partial charge in [-0.2, -0.15) is 0 Å². The van der Waals surface area contributed by atoms with Gasteiger partial charge in [-0.3, -0.25) is 9.59 Å². The van der Waals surface area contributed by atoms with E-state index in [1.165, 1.54) is 6.07 Å². The number of halogens is 1. The van der Waals surface area contributed by atoms with Crippen LogP contribution in [0.4, 0.5) is 5.69 Å². The number of rotatable bonds is 7. The maximum atomic E-state index is 12.0. The number of nitrogens with one attached hydrogen (secondary N) is 1. The fourth-order valence-corrected chi connectivity index (χ4v) is 2.41. The highest BCUT2D eigenvalue weighted by Crippen LogP contribution is 2.28. The Morgan fingerprint density at radius 1 is 1.28 bits per heavy atom. The summed E-state index contributed by atoms with van der Waals surface area (Å²) < 4.78 is 10.3. The van der Waals surface area contributed by atoms with Gasteiger partial charge in [0.2, 0.25) is 0 Å². The van der Waals surface area contributed by atoms with Gasteiger partial charge in [-0.25, -0.2) is 0 Å². The van der Waals surface area contributed by atoms with E-state index in [2.05, 4.69) is 10.5 Å². The van der Waals surface area contributed by atoms with Gasteiger partial charge in [-0.05, 0) is 39.0 Å². The van der Waals surface area contributed by atoms with E-state index in [0.29, 0.717) is 35.3 Å². The molecule has 1 aromatic carbocycles. The molecule has 134 valence electrons. The number of ether oxygens (including phenoxy) is 1. The zero-order chi connectivity index (χ0) is 18.4. The van der Waals surface area contributed by atoms with Gasteiger partial charge in [-0.15, -0.1) is 0 Å². The molecule has 7 nitrogen and oxygen atoms in total. The smallest absolute Gasteiger partial charge is 0.277 e. The molecule has 0 unspecified atom stereocenters. The van der Waals surface area contributed by atoms with E-state index in [1.54, 1.807) is 30.0 Å². The Morgan fingerprint density at radius 2 is 2.00 bits per heavy atom. The van der Waals surface area contributed by atoms with Crippen LogP contribution in [0.2, 0.25) is 5.02 Å². The summed E-state index contributed by atoms with van der Waals surface area (Å²) in [5, 5.41) is 6.60. The first-order valence-electron chi connectivity index (χ1n) is 7.89. The standard InChI is InChI=1S/C17H20ClN3O4/c1-4-21(5-2)16(22)10-24-15-7-6-12(9-13(15)18)19-17(23)14-8-11(3)25-20-14/h6-9H,4-5,10H2,1-3H3,(H,19,23). The lowest BCUT2D eigenvalue weighted by Gasteiger charge is -2.19. The van der Waals surface area contributed by atoms with Crippen LogP contribution in [0.15, 0.2) is 28.8 Å². The number of nitrogens with zero attached hydrogens (tertiary/aromatic N) is 2. The number of anilines is 1. The molecule has 0 radical (unpaired) electrons. The first kappa shape index (κ1) is 18.8. The number of likely N-dealkylation sites (N-methyl/N-ethyl adjacent to an activating group) is 1. The normalized spacial score (nSPS) is 10.4. The second-order valence-electron chi connectivity index (χ2n) is 5.28. The van der Waals surface area contributed by atoms with Gasteiger partial charge >= 0.3 is 0 Å². The van der Waals surface area contributed by atoms with Gasteiger partial charge in [0.25, 0.3) is 11.8 Å². The lowest BCUT2D eigenvalue weighted by molar-refractivity contribution is -0.132. The van der Waals surface area contributed by atoms with Gasteiger partial charge in [0, 0.05) is 24.8 Å². The lowest BCUT2D eigenvalue weighted by Crippen LogP contribution is -2.34. The van der Waals surface area contributed by atoms with Gasteiger partial charge < -0.3 is 19.5 Å². The third-order valence-corrected chi connectivity index (χ3v) is 3.81. The van der Waals surface area contributed by atoms with Crippen LogP contribution in [0.1, 0.15) is 30.1 Å². The van der Waals surface area contributed by atoms with Crippen molar-refractivity contribution in [1.29, 1.82) is 0 Å². The van der Waals surface area contributed by atoms with Crippen LogP contribution >= 0.6 is 11.6 Å². The number of hydrogen-bond acceptors (Lipinski definition) is 5. The molecule has 0 saturated heterocycles. The third kappa shape index (κ3) is 4.96. The second kappa shape index (κ2) is 8.53. The molecule has 1 heterocycles. The van der Waals surface area contributed by atoms with Crippen molar-refractivity contribution in [3.63, 3.8) is 0 Å². The summed E-state index contributed by atoms with van der Waals surface area (Å²) in [6, 6.07) is 6.31. The van der Waals surface area contributed by atoms with Crippen molar-refractivity contribution in [2.45, 2.75) is 20.8 Å². The topological polar surface area (TPSA) is 84.7 Å². The van der Waals surface area contributed by atoms with E-state index in [1.807, 2.05) is 13.8 Å². The van der Waals surface area contributed by atoms with Gasteiger partial charge in [0.1, 0.15) is 11.5 Å². The third-order valence-electron chi connectivity index (χ3n) is 3.52. The highest BCUT2D eigenvalue weighted by atomic mass is 35.5. The number of carbonyl (C=O) groups is 2. The fourth-order valence-electron chi connectivity index (χ4n) is 2.17. The predicted molar refractivity (Wildman–Crippen MR) is 94.1 cm³/mol. The number of benzene rings is 1. The average molecular weight is 366 g/mol. The molecule has 0 atom stereocenters. The van der Waals surface area contributed by atoms with Gasteiger partial charge in [-0.1, -0.05) is 16.8 Å². The number of aryl methyl sites for hydroxylation is 1. The minimum atomic E-state index is -0.404. The number of carbonyl (C=O) groups excluding carboxylic acids is 2. The van der Waals surface area contributed by atoms with E-state index < -0.39 is 5.91 Å². The number of aromatic nitrogens is 1. The Labute approximate surface area is 150 Å². The molecular weight excluding hydrogens is 346 g/mol. The zero-order valence-electron chi connectivity index (χ0n) is 14.3. The molecule has 8 heteroatoms.